The number of halogens is 1. The SMILES string of the molecule is O=C(Nc1cccc(OCC2CCCO2)c1)c1ccc(F)cc1. The fourth-order valence-electron chi connectivity index (χ4n) is 2.43. The first kappa shape index (κ1) is 15.5. The van der Waals surface area contributed by atoms with Crippen LogP contribution in [0.25, 0.3) is 0 Å². The summed E-state index contributed by atoms with van der Waals surface area (Å²) in [7, 11) is 0. The van der Waals surface area contributed by atoms with Gasteiger partial charge in [-0.25, -0.2) is 4.39 Å². The van der Waals surface area contributed by atoms with Crippen molar-refractivity contribution in [3.8, 4) is 5.75 Å². The Kier molecular flexibility index (Phi) is 4.88. The van der Waals surface area contributed by atoms with Gasteiger partial charge in [0.1, 0.15) is 18.2 Å². The normalized spacial score (nSPS) is 17.0. The fourth-order valence-corrected chi connectivity index (χ4v) is 2.43. The van der Waals surface area contributed by atoms with Crippen LogP contribution in [0.4, 0.5) is 10.1 Å². The molecule has 0 saturated carbocycles. The Morgan fingerprint density at radius 3 is 2.83 bits per heavy atom. The summed E-state index contributed by atoms with van der Waals surface area (Å²) in [6.07, 6.45) is 2.23. The van der Waals surface area contributed by atoms with Gasteiger partial charge in [0, 0.05) is 23.9 Å². The van der Waals surface area contributed by atoms with Gasteiger partial charge >= 0.3 is 0 Å². The molecular weight excluding hydrogens is 297 g/mol. The summed E-state index contributed by atoms with van der Waals surface area (Å²) in [4.78, 5) is 12.1. The Morgan fingerprint density at radius 1 is 1.26 bits per heavy atom. The minimum atomic E-state index is -0.369. The van der Waals surface area contributed by atoms with Gasteiger partial charge in [-0.3, -0.25) is 4.79 Å². The Balaban J connectivity index is 1.60. The summed E-state index contributed by atoms with van der Waals surface area (Å²) in [5.41, 5.74) is 1.03. The van der Waals surface area contributed by atoms with Gasteiger partial charge < -0.3 is 14.8 Å². The Labute approximate surface area is 134 Å². The molecule has 120 valence electrons. The third kappa shape index (κ3) is 4.29. The highest BCUT2D eigenvalue weighted by molar-refractivity contribution is 6.04. The monoisotopic (exact) mass is 315 g/mol. The number of amides is 1. The van der Waals surface area contributed by atoms with E-state index in [4.69, 9.17) is 9.47 Å². The quantitative estimate of drug-likeness (QED) is 0.916. The van der Waals surface area contributed by atoms with Gasteiger partial charge in [-0.2, -0.15) is 0 Å². The Morgan fingerprint density at radius 2 is 2.09 bits per heavy atom. The van der Waals surface area contributed by atoms with Crippen LogP contribution in [0, 0.1) is 5.82 Å². The second-order valence-electron chi connectivity index (χ2n) is 5.43. The third-order valence-corrected chi connectivity index (χ3v) is 3.66. The molecule has 0 aromatic heterocycles. The van der Waals surface area contributed by atoms with Crippen LogP contribution in [0.15, 0.2) is 48.5 Å². The van der Waals surface area contributed by atoms with Crippen LogP contribution >= 0.6 is 0 Å². The molecule has 1 unspecified atom stereocenters. The van der Waals surface area contributed by atoms with E-state index in [1.54, 1.807) is 12.1 Å². The van der Waals surface area contributed by atoms with Crippen molar-refractivity contribution in [1.29, 1.82) is 0 Å². The van der Waals surface area contributed by atoms with Crippen LogP contribution in [0.3, 0.4) is 0 Å². The van der Waals surface area contributed by atoms with Crippen molar-refractivity contribution < 1.29 is 18.7 Å². The number of nitrogens with one attached hydrogen (secondary N) is 1. The summed E-state index contributed by atoms with van der Waals surface area (Å²) < 4.78 is 24.1. The molecule has 3 rings (SSSR count). The lowest BCUT2D eigenvalue weighted by Crippen LogP contribution is -2.16. The molecule has 0 aliphatic carbocycles. The molecule has 2 aromatic rings. The number of benzene rings is 2. The molecule has 0 spiro atoms. The fraction of sp³-hybridized carbons (Fsp3) is 0.278. The molecule has 1 saturated heterocycles. The smallest absolute Gasteiger partial charge is 0.255 e. The third-order valence-electron chi connectivity index (χ3n) is 3.66. The molecule has 2 aromatic carbocycles. The predicted molar refractivity (Wildman–Crippen MR) is 85.3 cm³/mol. The van der Waals surface area contributed by atoms with Crippen LogP contribution in [-0.2, 0) is 4.74 Å². The van der Waals surface area contributed by atoms with Crippen molar-refractivity contribution in [2.24, 2.45) is 0 Å². The van der Waals surface area contributed by atoms with Crippen LogP contribution in [0.5, 0.6) is 5.75 Å². The van der Waals surface area contributed by atoms with Gasteiger partial charge in [0.05, 0.1) is 6.10 Å². The number of hydrogen-bond donors (Lipinski definition) is 1. The summed E-state index contributed by atoms with van der Waals surface area (Å²) in [5, 5.41) is 2.77. The second kappa shape index (κ2) is 7.24. The van der Waals surface area contributed by atoms with Crippen molar-refractivity contribution in [2.45, 2.75) is 18.9 Å². The maximum atomic E-state index is 12.9. The summed E-state index contributed by atoms with van der Waals surface area (Å²) >= 11 is 0. The number of hydrogen-bond acceptors (Lipinski definition) is 3. The molecule has 0 bridgehead atoms. The molecule has 1 amide bonds. The molecule has 0 radical (unpaired) electrons. The number of ether oxygens (including phenoxy) is 2. The van der Waals surface area contributed by atoms with E-state index < -0.39 is 0 Å². The highest BCUT2D eigenvalue weighted by atomic mass is 19.1. The van der Waals surface area contributed by atoms with E-state index in [9.17, 15) is 9.18 Å². The van der Waals surface area contributed by atoms with Gasteiger partial charge in [-0.15, -0.1) is 0 Å². The van der Waals surface area contributed by atoms with Crippen LogP contribution in [-0.4, -0.2) is 25.2 Å². The minimum Gasteiger partial charge on any atom is -0.491 e. The van der Waals surface area contributed by atoms with Crippen molar-refractivity contribution in [3.63, 3.8) is 0 Å². The predicted octanol–water partition coefficient (Wildman–Crippen LogP) is 3.64. The lowest BCUT2D eigenvalue weighted by Gasteiger charge is -2.12. The zero-order valence-electron chi connectivity index (χ0n) is 12.6. The van der Waals surface area contributed by atoms with E-state index in [1.165, 1.54) is 24.3 Å². The van der Waals surface area contributed by atoms with Crippen molar-refractivity contribution in [2.75, 3.05) is 18.5 Å². The second-order valence-corrected chi connectivity index (χ2v) is 5.43. The lowest BCUT2D eigenvalue weighted by molar-refractivity contribution is 0.0680. The average Bonchev–Trinajstić information content (AvgIpc) is 3.07. The van der Waals surface area contributed by atoms with E-state index in [-0.39, 0.29) is 17.8 Å². The van der Waals surface area contributed by atoms with Gasteiger partial charge in [0.2, 0.25) is 0 Å². The average molecular weight is 315 g/mol. The first-order valence-electron chi connectivity index (χ1n) is 7.62. The van der Waals surface area contributed by atoms with E-state index >= 15 is 0 Å². The van der Waals surface area contributed by atoms with Gasteiger partial charge in [0.25, 0.3) is 5.91 Å². The molecule has 1 fully saturated rings. The summed E-state index contributed by atoms with van der Waals surface area (Å²) in [6.45, 7) is 1.30. The molecule has 4 nitrogen and oxygen atoms in total. The maximum Gasteiger partial charge on any atom is 0.255 e. The molecular formula is C18H18FNO3. The van der Waals surface area contributed by atoms with E-state index in [0.717, 1.165) is 19.4 Å². The summed E-state index contributed by atoms with van der Waals surface area (Å²) in [5.74, 6) is 0.0183. The van der Waals surface area contributed by atoms with E-state index in [1.807, 2.05) is 12.1 Å². The first-order chi connectivity index (χ1) is 11.2. The van der Waals surface area contributed by atoms with E-state index in [0.29, 0.717) is 23.6 Å². The van der Waals surface area contributed by atoms with Gasteiger partial charge in [-0.1, -0.05) is 6.07 Å². The van der Waals surface area contributed by atoms with Gasteiger partial charge in [0.15, 0.2) is 0 Å². The Bertz CT molecular complexity index is 666. The Hall–Kier alpha value is -2.40. The lowest BCUT2D eigenvalue weighted by atomic mass is 10.2. The molecule has 23 heavy (non-hydrogen) atoms. The topological polar surface area (TPSA) is 47.6 Å². The zero-order valence-corrected chi connectivity index (χ0v) is 12.6. The number of anilines is 1. The summed E-state index contributed by atoms with van der Waals surface area (Å²) in [6, 6.07) is 12.6. The number of carbonyl (C=O) groups excluding carboxylic acids is 1. The maximum absolute atomic E-state index is 12.9. The van der Waals surface area contributed by atoms with Crippen molar-refractivity contribution in [3.05, 3.63) is 59.9 Å². The zero-order chi connectivity index (χ0) is 16.1. The molecule has 5 heteroatoms. The van der Waals surface area contributed by atoms with Crippen molar-refractivity contribution >= 4 is 11.6 Å². The van der Waals surface area contributed by atoms with Crippen LogP contribution in [0.2, 0.25) is 0 Å². The number of rotatable bonds is 5. The molecule has 1 N–H and O–H groups in total. The largest absolute Gasteiger partial charge is 0.491 e. The highest BCUT2D eigenvalue weighted by Gasteiger charge is 2.16. The molecule has 1 atom stereocenters. The molecule has 1 aliphatic heterocycles. The van der Waals surface area contributed by atoms with Crippen molar-refractivity contribution in [1.82, 2.24) is 0 Å². The minimum absolute atomic E-state index is 0.146. The first-order valence-corrected chi connectivity index (χ1v) is 7.62. The van der Waals surface area contributed by atoms with Gasteiger partial charge in [-0.05, 0) is 49.2 Å². The van der Waals surface area contributed by atoms with Crippen LogP contribution < -0.4 is 10.1 Å². The van der Waals surface area contributed by atoms with E-state index in [2.05, 4.69) is 5.32 Å². The van der Waals surface area contributed by atoms with Crippen LogP contribution in [0.1, 0.15) is 23.2 Å². The number of carbonyl (C=O) groups is 1. The molecule has 1 heterocycles. The highest BCUT2D eigenvalue weighted by Crippen LogP contribution is 2.20. The molecule has 1 aliphatic rings. The standard InChI is InChI=1S/C18H18FNO3/c19-14-8-6-13(7-9-14)18(21)20-15-3-1-4-16(11-15)23-12-17-5-2-10-22-17/h1,3-4,6-9,11,17H,2,5,10,12H2,(H,20,21).